The maximum Gasteiger partial charge on any atom is 0.150 e. The average molecular weight is 305 g/mol. The van der Waals surface area contributed by atoms with Gasteiger partial charge in [-0.05, 0) is 13.8 Å². The molecule has 1 saturated heterocycles. The number of aromatic nitrogens is 4. The molecule has 0 unspecified atom stereocenters. The summed E-state index contributed by atoms with van der Waals surface area (Å²) in [5.74, 6) is 2.61. The molecule has 0 aliphatic carbocycles. The minimum Gasteiger partial charge on any atom is -0.353 e. The van der Waals surface area contributed by atoms with E-state index in [0.29, 0.717) is 5.02 Å². The third kappa shape index (κ3) is 3.05. The maximum atomic E-state index is 6.15. The molecule has 0 amide bonds. The molecule has 0 radical (unpaired) electrons. The number of hydrogen-bond donors (Lipinski definition) is 0. The minimum atomic E-state index is 0.597. The van der Waals surface area contributed by atoms with E-state index in [1.54, 1.807) is 6.20 Å². The molecule has 0 N–H and O–H groups in total. The Morgan fingerprint density at radius 1 is 1.05 bits per heavy atom. The van der Waals surface area contributed by atoms with Gasteiger partial charge in [0.15, 0.2) is 5.82 Å². The van der Waals surface area contributed by atoms with Crippen LogP contribution in [-0.4, -0.2) is 46.1 Å². The lowest BCUT2D eigenvalue weighted by Crippen LogP contribution is -2.47. The van der Waals surface area contributed by atoms with E-state index in [9.17, 15) is 0 Å². The van der Waals surface area contributed by atoms with Crippen molar-refractivity contribution in [3.8, 4) is 0 Å². The Kier molecular flexibility index (Phi) is 3.88. The molecule has 0 atom stereocenters. The number of aryl methyl sites for hydroxylation is 2. The highest BCUT2D eigenvalue weighted by atomic mass is 35.5. The predicted molar refractivity (Wildman–Crippen MR) is 83.0 cm³/mol. The lowest BCUT2D eigenvalue weighted by Gasteiger charge is -2.36. The van der Waals surface area contributed by atoms with Crippen molar-refractivity contribution >= 4 is 23.2 Å². The van der Waals surface area contributed by atoms with Gasteiger partial charge in [0, 0.05) is 37.9 Å². The second kappa shape index (κ2) is 5.81. The standard InChI is InChI=1S/C14H17ClN6/c1-10-7-13(19-11(2)18-10)20-3-5-21(6-4-20)14-12(15)8-16-9-17-14/h7-9H,3-6H2,1-2H3. The summed E-state index contributed by atoms with van der Waals surface area (Å²) in [6.45, 7) is 7.41. The second-order valence-electron chi connectivity index (χ2n) is 5.08. The highest BCUT2D eigenvalue weighted by Crippen LogP contribution is 2.23. The predicted octanol–water partition coefficient (Wildman–Crippen LogP) is 1.86. The number of nitrogens with zero attached hydrogens (tertiary/aromatic N) is 6. The molecule has 3 heterocycles. The normalized spacial score (nSPS) is 15.4. The van der Waals surface area contributed by atoms with Gasteiger partial charge < -0.3 is 9.80 Å². The van der Waals surface area contributed by atoms with Gasteiger partial charge in [-0.1, -0.05) is 11.6 Å². The first-order valence-electron chi connectivity index (χ1n) is 6.91. The Balaban J connectivity index is 1.72. The van der Waals surface area contributed by atoms with Crippen molar-refractivity contribution in [2.45, 2.75) is 13.8 Å². The van der Waals surface area contributed by atoms with E-state index in [-0.39, 0.29) is 0 Å². The van der Waals surface area contributed by atoms with Crippen molar-refractivity contribution in [3.63, 3.8) is 0 Å². The van der Waals surface area contributed by atoms with Crippen molar-refractivity contribution in [1.82, 2.24) is 19.9 Å². The van der Waals surface area contributed by atoms with Gasteiger partial charge in [0.05, 0.1) is 6.20 Å². The molecule has 21 heavy (non-hydrogen) atoms. The van der Waals surface area contributed by atoms with Crippen LogP contribution in [0.3, 0.4) is 0 Å². The van der Waals surface area contributed by atoms with Gasteiger partial charge >= 0.3 is 0 Å². The molecule has 0 bridgehead atoms. The van der Waals surface area contributed by atoms with Gasteiger partial charge in [-0.15, -0.1) is 0 Å². The Morgan fingerprint density at radius 3 is 2.43 bits per heavy atom. The first-order valence-corrected chi connectivity index (χ1v) is 7.29. The zero-order chi connectivity index (χ0) is 14.8. The van der Waals surface area contributed by atoms with Crippen LogP contribution in [0.25, 0.3) is 0 Å². The van der Waals surface area contributed by atoms with Gasteiger partial charge in [-0.3, -0.25) is 0 Å². The SMILES string of the molecule is Cc1cc(N2CCN(c3ncncc3Cl)CC2)nc(C)n1. The van der Waals surface area contributed by atoms with Crippen LogP contribution >= 0.6 is 11.6 Å². The molecule has 1 fully saturated rings. The Labute approximate surface area is 128 Å². The summed E-state index contributed by atoms with van der Waals surface area (Å²) in [6, 6.07) is 2.03. The smallest absolute Gasteiger partial charge is 0.150 e. The summed E-state index contributed by atoms with van der Waals surface area (Å²) < 4.78 is 0. The van der Waals surface area contributed by atoms with Crippen LogP contribution in [0.5, 0.6) is 0 Å². The Hall–Kier alpha value is -1.95. The highest BCUT2D eigenvalue weighted by Gasteiger charge is 2.21. The first kappa shape index (κ1) is 14.0. The minimum absolute atomic E-state index is 0.597. The topological polar surface area (TPSA) is 58.0 Å². The van der Waals surface area contributed by atoms with Crippen molar-refractivity contribution in [2.75, 3.05) is 36.0 Å². The lowest BCUT2D eigenvalue weighted by molar-refractivity contribution is 0.639. The van der Waals surface area contributed by atoms with E-state index in [2.05, 4.69) is 29.7 Å². The van der Waals surface area contributed by atoms with E-state index in [1.165, 1.54) is 6.33 Å². The summed E-state index contributed by atoms with van der Waals surface area (Å²) in [7, 11) is 0. The van der Waals surface area contributed by atoms with E-state index in [4.69, 9.17) is 11.6 Å². The van der Waals surface area contributed by atoms with Crippen LogP contribution < -0.4 is 9.80 Å². The molecule has 0 aromatic carbocycles. The number of anilines is 2. The fourth-order valence-corrected chi connectivity index (χ4v) is 2.77. The summed E-state index contributed by atoms with van der Waals surface area (Å²) in [5, 5.41) is 0.597. The molecular weight excluding hydrogens is 288 g/mol. The van der Waals surface area contributed by atoms with E-state index < -0.39 is 0 Å². The molecule has 0 spiro atoms. The van der Waals surface area contributed by atoms with Gasteiger partial charge in [-0.25, -0.2) is 19.9 Å². The molecule has 110 valence electrons. The molecule has 2 aromatic heterocycles. The monoisotopic (exact) mass is 304 g/mol. The van der Waals surface area contributed by atoms with Crippen LogP contribution in [0.1, 0.15) is 11.5 Å². The zero-order valence-electron chi connectivity index (χ0n) is 12.1. The van der Waals surface area contributed by atoms with Gasteiger partial charge in [0.25, 0.3) is 0 Å². The number of hydrogen-bond acceptors (Lipinski definition) is 6. The Bertz CT molecular complexity index is 619. The summed E-state index contributed by atoms with van der Waals surface area (Å²) in [4.78, 5) is 21.5. The highest BCUT2D eigenvalue weighted by molar-refractivity contribution is 6.32. The van der Waals surface area contributed by atoms with E-state index in [0.717, 1.165) is 49.3 Å². The molecule has 0 saturated carbocycles. The van der Waals surface area contributed by atoms with Crippen LogP contribution in [0.15, 0.2) is 18.6 Å². The van der Waals surface area contributed by atoms with E-state index in [1.807, 2.05) is 19.9 Å². The lowest BCUT2D eigenvalue weighted by atomic mass is 10.3. The molecule has 2 aromatic rings. The number of rotatable bonds is 2. The third-order valence-corrected chi connectivity index (χ3v) is 3.77. The number of piperazine rings is 1. The first-order chi connectivity index (χ1) is 10.1. The van der Waals surface area contributed by atoms with Crippen molar-refractivity contribution in [2.24, 2.45) is 0 Å². The average Bonchev–Trinajstić information content (AvgIpc) is 2.47. The molecular formula is C14H17ClN6. The Morgan fingerprint density at radius 2 is 1.76 bits per heavy atom. The summed E-state index contributed by atoms with van der Waals surface area (Å²) >= 11 is 6.15. The van der Waals surface area contributed by atoms with Crippen LogP contribution in [0, 0.1) is 13.8 Å². The van der Waals surface area contributed by atoms with Gasteiger partial charge in [0.1, 0.15) is 23.0 Å². The molecule has 3 rings (SSSR count). The van der Waals surface area contributed by atoms with Crippen LogP contribution in [-0.2, 0) is 0 Å². The quantitative estimate of drug-likeness (QED) is 0.844. The largest absolute Gasteiger partial charge is 0.353 e. The molecule has 6 nitrogen and oxygen atoms in total. The number of halogens is 1. The molecule has 7 heteroatoms. The molecule has 1 aliphatic heterocycles. The fraction of sp³-hybridized carbons (Fsp3) is 0.429. The fourth-order valence-electron chi connectivity index (χ4n) is 2.55. The zero-order valence-corrected chi connectivity index (χ0v) is 12.9. The van der Waals surface area contributed by atoms with Crippen molar-refractivity contribution in [1.29, 1.82) is 0 Å². The summed E-state index contributed by atoms with van der Waals surface area (Å²) in [6.07, 6.45) is 3.16. The van der Waals surface area contributed by atoms with E-state index >= 15 is 0 Å². The van der Waals surface area contributed by atoms with Crippen LogP contribution in [0.2, 0.25) is 5.02 Å². The van der Waals surface area contributed by atoms with Gasteiger partial charge in [-0.2, -0.15) is 0 Å². The van der Waals surface area contributed by atoms with Crippen molar-refractivity contribution in [3.05, 3.63) is 35.1 Å². The summed E-state index contributed by atoms with van der Waals surface area (Å²) in [5.41, 5.74) is 0.999. The van der Waals surface area contributed by atoms with Crippen LogP contribution in [0.4, 0.5) is 11.6 Å². The van der Waals surface area contributed by atoms with Crippen molar-refractivity contribution < 1.29 is 0 Å². The third-order valence-electron chi connectivity index (χ3n) is 3.50. The maximum absolute atomic E-state index is 6.15. The molecule has 1 aliphatic rings. The van der Waals surface area contributed by atoms with Gasteiger partial charge in [0.2, 0.25) is 0 Å². The second-order valence-corrected chi connectivity index (χ2v) is 5.49.